The molecule has 8 heteroatoms. The van der Waals surface area contributed by atoms with E-state index >= 15 is 0 Å². The minimum Gasteiger partial charge on any atom is -0.345 e. The van der Waals surface area contributed by atoms with Crippen molar-refractivity contribution in [2.24, 2.45) is 0 Å². The highest BCUT2D eigenvalue weighted by atomic mass is 32.1. The second kappa shape index (κ2) is 8.69. The molecule has 0 radical (unpaired) electrons. The van der Waals surface area contributed by atoms with Gasteiger partial charge in [0.05, 0.1) is 33.8 Å². The summed E-state index contributed by atoms with van der Waals surface area (Å²) in [4.78, 5) is 30.4. The highest BCUT2D eigenvalue weighted by Gasteiger charge is 2.19. The molecule has 0 aliphatic rings. The van der Waals surface area contributed by atoms with Crippen LogP contribution in [0.1, 0.15) is 42.7 Å². The summed E-state index contributed by atoms with van der Waals surface area (Å²) < 4.78 is 1.80. The number of amides is 2. The van der Waals surface area contributed by atoms with Crippen LogP contribution in [0, 0.1) is 0 Å². The molecule has 2 amide bonds. The van der Waals surface area contributed by atoms with E-state index in [1.54, 1.807) is 22.2 Å². The van der Waals surface area contributed by atoms with Gasteiger partial charge in [0.2, 0.25) is 5.91 Å². The Labute approximate surface area is 184 Å². The van der Waals surface area contributed by atoms with Crippen molar-refractivity contribution in [1.29, 1.82) is 0 Å². The fourth-order valence-electron chi connectivity index (χ4n) is 3.46. The molecule has 7 nitrogen and oxygen atoms in total. The van der Waals surface area contributed by atoms with Crippen molar-refractivity contribution in [3.8, 4) is 10.6 Å². The lowest BCUT2D eigenvalue weighted by Gasteiger charge is -2.16. The van der Waals surface area contributed by atoms with Crippen molar-refractivity contribution in [2.45, 2.75) is 33.4 Å². The number of carbonyl (C=O) groups excluding carboxylic acids is 2. The molecule has 2 N–H and O–H groups in total. The fraction of sp³-hybridized carbons (Fsp3) is 0.217. The second-order valence-electron chi connectivity index (χ2n) is 7.23. The first kappa shape index (κ1) is 20.7. The molecule has 3 heterocycles. The zero-order chi connectivity index (χ0) is 22.0. The molecule has 0 spiro atoms. The Balaban J connectivity index is 1.67. The predicted molar refractivity (Wildman–Crippen MR) is 123 cm³/mol. The molecule has 1 unspecified atom stereocenters. The van der Waals surface area contributed by atoms with Crippen LogP contribution in [-0.2, 0) is 11.3 Å². The van der Waals surface area contributed by atoms with Crippen molar-refractivity contribution >= 4 is 39.9 Å². The maximum absolute atomic E-state index is 13.3. The first-order valence-electron chi connectivity index (χ1n) is 10.0. The van der Waals surface area contributed by atoms with Crippen molar-refractivity contribution in [1.82, 2.24) is 20.1 Å². The number of thiophene rings is 1. The summed E-state index contributed by atoms with van der Waals surface area (Å²) in [5.74, 6) is -0.333. The number of anilines is 1. The zero-order valence-electron chi connectivity index (χ0n) is 17.5. The van der Waals surface area contributed by atoms with Crippen LogP contribution in [0.3, 0.4) is 0 Å². The molecule has 0 saturated heterocycles. The third-order valence-corrected chi connectivity index (χ3v) is 5.87. The molecule has 31 heavy (non-hydrogen) atoms. The SMILES string of the molecule is CCn1ncc2c(C(=O)NC(C)c3cccc(NC(C)=O)c3)cc(-c3cccs3)nc21. The molecule has 4 aromatic rings. The topological polar surface area (TPSA) is 88.9 Å². The average Bonchev–Trinajstić information content (AvgIpc) is 3.42. The van der Waals surface area contributed by atoms with Crippen LogP contribution in [0.2, 0.25) is 0 Å². The molecule has 158 valence electrons. The maximum atomic E-state index is 13.3. The molecule has 0 bridgehead atoms. The molecule has 1 aromatic carbocycles. The van der Waals surface area contributed by atoms with Crippen LogP contribution in [0.15, 0.2) is 54.0 Å². The Bertz CT molecular complexity index is 1250. The van der Waals surface area contributed by atoms with Crippen LogP contribution in [0.25, 0.3) is 21.6 Å². The quantitative estimate of drug-likeness (QED) is 0.464. The monoisotopic (exact) mass is 433 g/mol. The third-order valence-electron chi connectivity index (χ3n) is 4.98. The number of hydrogen-bond donors (Lipinski definition) is 2. The molecule has 0 aliphatic heterocycles. The van der Waals surface area contributed by atoms with Crippen molar-refractivity contribution in [3.05, 3.63) is 65.2 Å². The van der Waals surface area contributed by atoms with Crippen LogP contribution < -0.4 is 10.6 Å². The second-order valence-corrected chi connectivity index (χ2v) is 8.18. The zero-order valence-corrected chi connectivity index (χ0v) is 18.4. The predicted octanol–water partition coefficient (Wildman–Crippen LogP) is 4.63. The lowest BCUT2D eigenvalue weighted by atomic mass is 10.1. The van der Waals surface area contributed by atoms with Crippen molar-refractivity contribution in [2.75, 3.05) is 5.32 Å². The Hall–Kier alpha value is -3.52. The van der Waals surface area contributed by atoms with Gasteiger partial charge in [-0.1, -0.05) is 18.2 Å². The molecular weight excluding hydrogens is 410 g/mol. The summed E-state index contributed by atoms with van der Waals surface area (Å²) in [6, 6.07) is 13.0. The largest absolute Gasteiger partial charge is 0.345 e. The van der Waals surface area contributed by atoms with E-state index in [9.17, 15) is 9.59 Å². The maximum Gasteiger partial charge on any atom is 0.252 e. The number of rotatable bonds is 6. The Kier molecular flexibility index (Phi) is 5.81. The molecule has 0 saturated carbocycles. The van der Waals surface area contributed by atoms with E-state index in [2.05, 4.69) is 15.7 Å². The van der Waals surface area contributed by atoms with E-state index in [-0.39, 0.29) is 17.9 Å². The lowest BCUT2D eigenvalue weighted by Crippen LogP contribution is -2.27. The highest BCUT2D eigenvalue weighted by Crippen LogP contribution is 2.28. The first-order valence-corrected chi connectivity index (χ1v) is 10.9. The summed E-state index contributed by atoms with van der Waals surface area (Å²) in [5, 5.41) is 12.9. The average molecular weight is 434 g/mol. The van der Waals surface area contributed by atoms with E-state index in [0.29, 0.717) is 23.4 Å². The van der Waals surface area contributed by atoms with Crippen LogP contribution in [0.5, 0.6) is 0 Å². The molecule has 0 fully saturated rings. The summed E-state index contributed by atoms with van der Waals surface area (Å²) in [6.07, 6.45) is 1.70. The van der Waals surface area contributed by atoms with Gasteiger partial charge in [0.1, 0.15) is 0 Å². The van der Waals surface area contributed by atoms with Gasteiger partial charge in [-0.25, -0.2) is 9.67 Å². The van der Waals surface area contributed by atoms with Gasteiger partial charge in [-0.15, -0.1) is 11.3 Å². The van der Waals surface area contributed by atoms with E-state index in [1.165, 1.54) is 6.92 Å². The number of nitrogens with one attached hydrogen (secondary N) is 2. The van der Waals surface area contributed by atoms with E-state index in [4.69, 9.17) is 4.98 Å². The smallest absolute Gasteiger partial charge is 0.252 e. The van der Waals surface area contributed by atoms with Gasteiger partial charge in [-0.05, 0) is 49.1 Å². The van der Waals surface area contributed by atoms with Gasteiger partial charge in [-0.2, -0.15) is 5.10 Å². The van der Waals surface area contributed by atoms with Crippen molar-refractivity contribution in [3.63, 3.8) is 0 Å². The number of nitrogens with zero attached hydrogens (tertiary/aromatic N) is 3. The van der Waals surface area contributed by atoms with Gasteiger partial charge in [0.25, 0.3) is 5.91 Å². The van der Waals surface area contributed by atoms with Gasteiger partial charge >= 0.3 is 0 Å². The number of pyridine rings is 1. The first-order chi connectivity index (χ1) is 15.0. The Morgan fingerprint density at radius 3 is 2.74 bits per heavy atom. The molecule has 0 aliphatic carbocycles. The normalized spacial score (nSPS) is 12.0. The summed E-state index contributed by atoms with van der Waals surface area (Å²) in [7, 11) is 0. The molecule has 4 rings (SSSR count). The molecule has 3 aromatic heterocycles. The number of aryl methyl sites for hydroxylation is 1. The minimum atomic E-state index is -0.254. The van der Waals surface area contributed by atoms with E-state index < -0.39 is 0 Å². The van der Waals surface area contributed by atoms with Gasteiger partial charge in [0, 0.05) is 19.2 Å². The molecular formula is C23H23N5O2S. The Morgan fingerprint density at radius 1 is 1.19 bits per heavy atom. The minimum absolute atomic E-state index is 0.137. The number of aromatic nitrogens is 3. The number of fused-ring (bicyclic) bond motifs is 1. The van der Waals surface area contributed by atoms with Crippen molar-refractivity contribution < 1.29 is 9.59 Å². The third kappa shape index (κ3) is 4.34. The highest BCUT2D eigenvalue weighted by molar-refractivity contribution is 7.13. The number of hydrogen-bond acceptors (Lipinski definition) is 5. The summed E-state index contributed by atoms with van der Waals surface area (Å²) >= 11 is 1.58. The lowest BCUT2D eigenvalue weighted by molar-refractivity contribution is -0.114. The van der Waals surface area contributed by atoms with Gasteiger partial charge < -0.3 is 10.6 Å². The summed E-state index contributed by atoms with van der Waals surface area (Å²) in [5.41, 5.74) is 3.58. The van der Waals surface area contributed by atoms with Gasteiger partial charge in [-0.3, -0.25) is 9.59 Å². The molecule has 1 atom stereocenters. The number of carbonyl (C=O) groups is 2. The van der Waals surface area contributed by atoms with Crippen LogP contribution in [0.4, 0.5) is 5.69 Å². The standard InChI is InChI=1S/C23H23N5O2S/c1-4-28-22-19(13-24-28)18(12-20(27-22)21-9-6-10-31-21)23(30)25-14(2)16-7-5-8-17(11-16)26-15(3)29/h5-14H,4H2,1-3H3,(H,25,30)(H,26,29). The van der Waals surface area contributed by atoms with E-state index in [0.717, 1.165) is 21.5 Å². The summed E-state index contributed by atoms with van der Waals surface area (Å²) in [6.45, 7) is 6.04. The van der Waals surface area contributed by atoms with Crippen LogP contribution >= 0.6 is 11.3 Å². The Morgan fingerprint density at radius 2 is 2.03 bits per heavy atom. The number of benzene rings is 1. The van der Waals surface area contributed by atoms with Crippen LogP contribution in [-0.4, -0.2) is 26.6 Å². The van der Waals surface area contributed by atoms with E-state index in [1.807, 2.05) is 61.7 Å². The van der Waals surface area contributed by atoms with Gasteiger partial charge in [0.15, 0.2) is 5.65 Å². The fourth-order valence-corrected chi connectivity index (χ4v) is 4.15.